The predicted octanol–water partition coefficient (Wildman–Crippen LogP) is 3.09. The second kappa shape index (κ2) is 7.99. The molecule has 0 atom stereocenters. The molecule has 1 aromatic carbocycles. The van der Waals surface area contributed by atoms with E-state index in [1.165, 1.54) is 11.1 Å². The summed E-state index contributed by atoms with van der Waals surface area (Å²) in [6.45, 7) is 0. The monoisotopic (exact) mass is 364 g/mol. The minimum absolute atomic E-state index is 0.155. The van der Waals surface area contributed by atoms with Gasteiger partial charge in [-0.25, -0.2) is 4.99 Å². The molecule has 0 spiro atoms. The van der Waals surface area contributed by atoms with E-state index in [0.29, 0.717) is 11.3 Å². The smallest absolute Gasteiger partial charge is 0.271 e. The number of nitrogens with one attached hydrogen (secondary N) is 2. The lowest BCUT2D eigenvalue weighted by molar-refractivity contribution is -0.121. The van der Waals surface area contributed by atoms with Gasteiger partial charge in [0, 0.05) is 31.3 Å². The fourth-order valence-corrected chi connectivity index (χ4v) is 3.11. The molecule has 0 unspecified atom stereocenters. The number of nitrogens with zero attached hydrogens (tertiary/aromatic N) is 3. The molecule has 0 saturated heterocycles. The number of benzene rings is 1. The first-order valence-corrected chi connectivity index (χ1v) is 8.95. The van der Waals surface area contributed by atoms with Gasteiger partial charge in [0.05, 0.1) is 23.1 Å². The molecule has 7 heteroatoms. The van der Waals surface area contributed by atoms with Crippen LogP contribution in [-0.4, -0.2) is 46.5 Å². The minimum atomic E-state index is -0.402. The number of allylic oxidation sites excluding steroid dienone is 2. The normalized spacial score (nSPS) is 15.6. The molecule has 2 aromatic rings. The summed E-state index contributed by atoms with van der Waals surface area (Å²) in [7, 11) is 3.24. The van der Waals surface area contributed by atoms with Crippen LogP contribution < -0.4 is 5.73 Å². The lowest BCUT2D eigenvalue weighted by Crippen LogP contribution is -2.33. The van der Waals surface area contributed by atoms with Gasteiger partial charge in [-0.2, -0.15) is 5.10 Å². The summed E-state index contributed by atoms with van der Waals surface area (Å²) in [5, 5.41) is 16.2. The topological polar surface area (TPSA) is 111 Å². The van der Waals surface area contributed by atoms with Crippen molar-refractivity contribution in [2.75, 3.05) is 14.1 Å². The van der Waals surface area contributed by atoms with E-state index in [1.807, 2.05) is 18.2 Å². The van der Waals surface area contributed by atoms with Crippen molar-refractivity contribution in [3.63, 3.8) is 0 Å². The highest BCUT2D eigenvalue weighted by Gasteiger charge is 2.24. The number of aliphatic imine (C=N–C) groups is 1. The Balaban J connectivity index is 2.08. The number of nitrogens with two attached hydrogens (primary N) is 1. The van der Waals surface area contributed by atoms with Crippen LogP contribution in [0.4, 0.5) is 5.69 Å². The highest BCUT2D eigenvalue weighted by Crippen LogP contribution is 2.26. The number of aromatic nitrogens is 2. The average Bonchev–Trinajstić information content (AvgIpc) is 3.15. The van der Waals surface area contributed by atoms with Gasteiger partial charge in [-0.05, 0) is 49.5 Å². The number of hydrogen-bond acceptors (Lipinski definition) is 5. The van der Waals surface area contributed by atoms with Crippen LogP contribution in [0.25, 0.3) is 10.9 Å². The molecule has 1 amide bonds. The first kappa shape index (κ1) is 18.6. The van der Waals surface area contributed by atoms with Crippen LogP contribution in [-0.2, 0) is 4.79 Å². The quantitative estimate of drug-likeness (QED) is 0.709. The van der Waals surface area contributed by atoms with Gasteiger partial charge in [-0.1, -0.05) is 6.08 Å². The zero-order chi connectivity index (χ0) is 19.4. The van der Waals surface area contributed by atoms with Gasteiger partial charge >= 0.3 is 0 Å². The van der Waals surface area contributed by atoms with Crippen molar-refractivity contribution in [3.05, 3.63) is 47.8 Å². The third-order valence-corrected chi connectivity index (χ3v) is 4.57. The number of carbonyl (C=O) groups is 1. The van der Waals surface area contributed by atoms with Crippen LogP contribution in [0.3, 0.4) is 0 Å². The second-order valence-corrected chi connectivity index (χ2v) is 6.73. The summed E-state index contributed by atoms with van der Waals surface area (Å²) < 4.78 is 0. The maximum Gasteiger partial charge on any atom is 0.271 e. The van der Waals surface area contributed by atoms with Crippen LogP contribution >= 0.6 is 0 Å². The number of hydrogen-bond donors (Lipinski definition) is 3. The molecule has 0 aliphatic heterocycles. The van der Waals surface area contributed by atoms with Crippen molar-refractivity contribution in [3.8, 4) is 0 Å². The maximum absolute atomic E-state index is 12.3. The molecule has 1 heterocycles. The highest BCUT2D eigenvalue weighted by atomic mass is 16.2. The summed E-state index contributed by atoms with van der Waals surface area (Å²) in [6.07, 6.45) is 9.19. The van der Waals surface area contributed by atoms with Crippen molar-refractivity contribution >= 4 is 33.9 Å². The van der Waals surface area contributed by atoms with E-state index in [1.54, 1.807) is 20.3 Å². The Hall–Kier alpha value is -3.22. The van der Waals surface area contributed by atoms with Crippen LogP contribution in [0.5, 0.6) is 0 Å². The van der Waals surface area contributed by atoms with Crippen LogP contribution in [0.15, 0.2) is 52.8 Å². The van der Waals surface area contributed by atoms with Gasteiger partial charge in [0.25, 0.3) is 5.91 Å². The number of rotatable bonds is 5. The van der Waals surface area contributed by atoms with E-state index in [-0.39, 0.29) is 5.71 Å². The van der Waals surface area contributed by atoms with Gasteiger partial charge in [0.2, 0.25) is 0 Å². The molecule has 0 fully saturated rings. The first-order valence-electron chi connectivity index (χ1n) is 8.95. The molecule has 3 rings (SSSR count). The van der Waals surface area contributed by atoms with Gasteiger partial charge in [0.1, 0.15) is 5.71 Å². The number of H-pyrrole nitrogens is 1. The Morgan fingerprint density at radius 3 is 2.85 bits per heavy atom. The highest BCUT2D eigenvalue weighted by molar-refractivity contribution is 6.52. The van der Waals surface area contributed by atoms with E-state index in [4.69, 9.17) is 16.1 Å². The SMILES string of the molecule is CN(C)C(=O)C(=N)/C(=C\N)C(=Nc1ccc2[nH]ncc2c1)C1=CCCCC1. The molecule has 27 heavy (non-hydrogen) atoms. The van der Waals surface area contributed by atoms with Crippen molar-refractivity contribution in [1.29, 1.82) is 5.41 Å². The fourth-order valence-electron chi connectivity index (χ4n) is 3.11. The zero-order valence-corrected chi connectivity index (χ0v) is 15.6. The first-order chi connectivity index (χ1) is 13.0. The molecular weight excluding hydrogens is 340 g/mol. The van der Waals surface area contributed by atoms with Crippen molar-refractivity contribution in [1.82, 2.24) is 15.1 Å². The number of amides is 1. The molecule has 1 aromatic heterocycles. The lowest BCUT2D eigenvalue weighted by Gasteiger charge is -2.19. The molecule has 1 aliphatic carbocycles. The summed E-state index contributed by atoms with van der Waals surface area (Å²) in [5.41, 5.74) is 9.34. The Bertz CT molecular complexity index is 964. The summed E-state index contributed by atoms with van der Waals surface area (Å²) in [6, 6.07) is 5.72. The maximum atomic E-state index is 12.3. The van der Waals surface area contributed by atoms with E-state index < -0.39 is 5.91 Å². The molecule has 4 N–H and O–H groups in total. The Labute approximate surface area is 158 Å². The van der Waals surface area contributed by atoms with Crippen molar-refractivity contribution < 1.29 is 4.79 Å². The van der Waals surface area contributed by atoms with Gasteiger partial charge in [0.15, 0.2) is 0 Å². The predicted molar refractivity (Wildman–Crippen MR) is 108 cm³/mol. The van der Waals surface area contributed by atoms with E-state index in [9.17, 15) is 4.79 Å². The third kappa shape index (κ3) is 3.97. The van der Waals surface area contributed by atoms with Crippen LogP contribution in [0.1, 0.15) is 25.7 Å². The fraction of sp³-hybridized carbons (Fsp3) is 0.300. The van der Waals surface area contributed by atoms with Gasteiger partial charge < -0.3 is 10.6 Å². The molecule has 0 bridgehead atoms. The summed E-state index contributed by atoms with van der Waals surface area (Å²) >= 11 is 0. The lowest BCUT2D eigenvalue weighted by atomic mass is 9.90. The molecule has 1 aliphatic rings. The zero-order valence-electron chi connectivity index (χ0n) is 15.6. The van der Waals surface area contributed by atoms with E-state index in [0.717, 1.165) is 47.8 Å². The molecular formula is C20H24N6O. The summed E-state index contributed by atoms with van der Waals surface area (Å²) in [5.74, 6) is -0.402. The van der Waals surface area contributed by atoms with Gasteiger partial charge in [-0.3, -0.25) is 15.3 Å². The number of fused-ring (bicyclic) bond motifs is 1. The third-order valence-electron chi connectivity index (χ3n) is 4.57. The van der Waals surface area contributed by atoms with E-state index >= 15 is 0 Å². The number of aromatic amines is 1. The largest absolute Gasteiger partial charge is 0.404 e. The molecule has 140 valence electrons. The Kier molecular flexibility index (Phi) is 5.49. The molecule has 0 saturated carbocycles. The Morgan fingerprint density at radius 1 is 1.37 bits per heavy atom. The average molecular weight is 364 g/mol. The second-order valence-electron chi connectivity index (χ2n) is 6.73. The molecule has 0 radical (unpaired) electrons. The van der Waals surface area contributed by atoms with E-state index in [2.05, 4.69) is 16.3 Å². The van der Waals surface area contributed by atoms with Crippen LogP contribution in [0.2, 0.25) is 0 Å². The molecule has 7 nitrogen and oxygen atoms in total. The Morgan fingerprint density at radius 2 is 2.19 bits per heavy atom. The van der Waals surface area contributed by atoms with Crippen molar-refractivity contribution in [2.24, 2.45) is 10.7 Å². The number of carbonyl (C=O) groups excluding carboxylic acids is 1. The van der Waals surface area contributed by atoms with Gasteiger partial charge in [-0.15, -0.1) is 0 Å². The van der Waals surface area contributed by atoms with Crippen molar-refractivity contribution in [2.45, 2.75) is 25.7 Å². The minimum Gasteiger partial charge on any atom is -0.404 e. The summed E-state index contributed by atoms with van der Waals surface area (Å²) in [4.78, 5) is 18.5. The standard InChI is InChI=1S/C20H24N6O/c1-26(2)20(27)18(22)16(11-21)19(13-6-4-3-5-7-13)24-15-8-9-17-14(10-15)12-23-25-17/h6,8-12,22H,3-5,7,21H2,1-2H3,(H,23,25)/b16-11+,22-18?,24-19?. The van der Waals surface area contributed by atoms with Crippen LogP contribution in [0, 0.1) is 5.41 Å².